The van der Waals surface area contributed by atoms with Crippen molar-refractivity contribution in [2.45, 2.75) is 0 Å². The number of nitrogens with one attached hydrogen (secondary N) is 2. The standard InChI is InChI=1S/C6H6N3O2P/c7-6(10)4-1-2-5(8-3-4)9-12-11/h1-3H,(H2,7,10)(H,8,9,11)/p+1. The molecule has 62 valence electrons. The zero-order chi connectivity index (χ0) is 8.97. The molecule has 4 N–H and O–H groups in total. The molecule has 0 aliphatic heterocycles. The highest BCUT2D eigenvalue weighted by atomic mass is 31.1. The summed E-state index contributed by atoms with van der Waals surface area (Å²) < 4.78 is 10.1. The lowest BCUT2D eigenvalue weighted by Crippen LogP contribution is -2.16. The van der Waals surface area contributed by atoms with Crippen molar-refractivity contribution in [3.63, 3.8) is 0 Å². The van der Waals surface area contributed by atoms with Gasteiger partial charge < -0.3 is 5.73 Å². The van der Waals surface area contributed by atoms with E-state index in [9.17, 15) is 9.36 Å². The predicted molar refractivity (Wildman–Crippen MR) is 42.7 cm³/mol. The minimum Gasteiger partial charge on any atom is -0.365 e. The molecule has 0 aliphatic rings. The highest BCUT2D eigenvalue weighted by Crippen LogP contribution is 2.03. The van der Waals surface area contributed by atoms with E-state index in [4.69, 9.17) is 5.73 Å². The molecule has 0 spiro atoms. The summed E-state index contributed by atoms with van der Waals surface area (Å²) in [6, 6.07) is 3.11. The van der Waals surface area contributed by atoms with Crippen molar-refractivity contribution in [3.8, 4) is 0 Å². The van der Waals surface area contributed by atoms with Gasteiger partial charge in [0, 0.05) is 6.07 Å². The van der Waals surface area contributed by atoms with Crippen molar-refractivity contribution < 1.29 is 14.3 Å². The minimum absolute atomic E-state index is 0.200. The lowest BCUT2D eigenvalue weighted by Gasteiger charge is -1.91. The fraction of sp³-hybridized carbons (Fsp3) is 0. The number of rotatable bonds is 3. The van der Waals surface area contributed by atoms with Gasteiger partial charge in [0.2, 0.25) is 0 Å². The van der Waals surface area contributed by atoms with Crippen LogP contribution >= 0.6 is 8.61 Å². The topological polar surface area (TPSA) is 86.3 Å². The van der Waals surface area contributed by atoms with Gasteiger partial charge in [-0.15, -0.1) is 0 Å². The van der Waals surface area contributed by atoms with Crippen LogP contribution in [0.25, 0.3) is 0 Å². The maximum Gasteiger partial charge on any atom is 0.395 e. The third-order valence-electron chi connectivity index (χ3n) is 1.26. The van der Waals surface area contributed by atoms with Crippen LogP contribution in [0.15, 0.2) is 18.3 Å². The molecule has 1 aromatic heterocycles. The predicted octanol–water partition coefficient (Wildman–Crippen LogP) is 0.218. The maximum atomic E-state index is 10.6. The summed E-state index contributed by atoms with van der Waals surface area (Å²) in [5, 5.41) is 2.48. The van der Waals surface area contributed by atoms with Gasteiger partial charge in [0.05, 0.1) is 5.56 Å². The average Bonchev–Trinajstić information content (AvgIpc) is 2.06. The van der Waals surface area contributed by atoms with Gasteiger partial charge in [-0.3, -0.25) is 4.79 Å². The van der Waals surface area contributed by atoms with E-state index in [1.165, 1.54) is 12.3 Å². The van der Waals surface area contributed by atoms with Crippen LogP contribution in [0, 0.1) is 0 Å². The first-order valence-electron chi connectivity index (χ1n) is 3.14. The number of primary amides is 1. The first kappa shape index (κ1) is 8.62. The molecule has 0 aliphatic carbocycles. The number of nitrogens with two attached hydrogens (primary N) is 1. The van der Waals surface area contributed by atoms with Gasteiger partial charge in [0.25, 0.3) is 11.7 Å². The zero-order valence-electron chi connectivity index (χ0n) is 6.07. The molecule has 0 saturated heterocycles. The summed E-state index contributed by atoms with van der Waals surface area (Å²) >= 11 is 0. The molecule has 1 aromatic rings. The van der Waals surface area contributed by atoms with Crippen LogP contribution in [0.1, 0.15) is 10.4 Å². The average molecular weight is 184 g/mol. The second kappa shape index (κ2) is 3.78. The van der Waals surface area contributed by atoms with E-state index in [0.717, 1.165) is 0 Å². The van der Waals surface area contributed by atoms with Crippen molar-refractivity contribution >= 4 is 20.3 Å². The van der Waals surface area contributed by atoms with Gasteiger partial charge in [-0.25, -0.2) is 9.55 Å². The number of amides is 1. The van der Waals surface area contributed by atoms with Gasteiger partial charge in [-0.1, -0.05) is 0 Å². The Kier molecular flexibility index (Phi) is 2.71. The second-order valence-electron chi connectivity index (χ2n) is 2.06. The lowest BCUT2D eigenvalue weighted by atomic mass is 10.3. The molecule has 0 atom stereocenters. The van der Waals surface area contributed by atoms with E-state index >= 15 is 0 Å². The molecule has 0 radical (unpaired) electrons. The molecule has 0 saturated carbocycles. The van der Waals surface area contributed by atoms with Crippen LogP contribution in [0.2, 0.25) is 0 Å². The summed E-state index contributed by atoms with van der Waals surface area (Å²) in [7, 11) is -0.200. The van der Waals surface area contributed by atoms with Crippen LogP contribution in [0.5, 0.6) is 0 Å². The first-order chi connectivity index (χ1) is 5.74. The van der Waals surface area contributed by atoms with E-state index in [-0.39, 0.29) is 8.61 Å². The Balaban J connectivity index is 2.85. The van der Waals surface area contributed by atoms with Crippen molar-refractivity contribution in [2.75, 3.05) is 5.09 Å². The Morgan fingerprint density at radius 2 is 2.33 bits per heavy atom. The van der Waals surface area contributed by atoms with Gasteiger partial charge in [-0.2, -0.15) is 5.09 Å². The van der Waals surface area contributed by atoms with Gasteiger partial charge >= 0.3 is 8.61 Å². The van der Waals surface area contributed by atoms with Crippen LogP contribution in [0.4, 0.5) is 5.82 Å². The molecule has 0 bridgehead atoms. The van der Waals surface area contributed by atoms with E-state index < -0.39 is 5.91 Å². The van der Waals surface area contributed by atoms with Crippen molar-refractivity contribution in [2.24, 2.45) is 5.73 Å². The lowest BCUT2D eigenvalue weighted by molar-refractivity contribution is -0.360. The molecule has 5 nitrogen and oxygen atoms in total. The number of H-pyrrole nitrogens is 1. The smallest absolute Gasteiger partial charge is 0.365 e. The van der Waals surface area contributed by atoms with E-state index in [1.54, 1.807) is 6.07 Å². The van der Waals surface area contributed by atoms with Crippen molar-refractivity contribution in [3.05, 3.63) is 23.9 Å². The Morgan fingerprint density at radius 3 is 2.75 bits per heavy atom. The first-order valence-corrected chi connectivity index (χ1v) is 3.95. The minimum atomic E-state index is -0.502. The number of hydrogen-bond donors (Lipinski definition) is 2. The SMILES string of the molecule is NC(=O)c1ccc(NP=O)[nH+]c1. The fourth-order valence-electron chi connectivity index (χ4n) is 0.697. The van der Waals surface area contributed by atoms with Crippen LogP contribution in [0.3, 0.4) is 0 Å². The highest BCUT2D eigenvalue weighted by Gasteiger charge is 2.03. The number of aromatic amines is 1. The maximum absolute atomic E-state index is 10.6. The van der Waals surface area contributed by atoms with Crippen molar-refractivity contribution in [1.29, 1.82) is 0 Å². The molecule has 12 heavy (non-hydrogen) atoms. The van der Waals surface area contributed by atoms with Crippen molar-refractivity contribution in [1.82, 2.24) is 0 Å². The molecular weight excluding hydrogens is 177 g/mol. The van der Waals surface area contributed by atoms with Gasteiger partial charge in [-0.05, 0) is 6.07 Å². The van der Waals surface area contributed by atoms with Crippen LogP contribution < -0.4 is 15.8 Å². The molecule has 0 unspecified atom stereocenters. The number of carbonyl (C=O) groups excluding carboxylic acids is 1. The van der Waals surface area contributed by atoms with Crippen LogP contribution in [-0.2, 0) is 4.57 Å². The molecular formula is C6H7N3O2P+. The number of pyridine rings is 1. The largest absolute Gasteiger partial charge is 0.395 e. The Bertz CT molecular complexity index is 298. The Labute approximate surface area is 70.2 Å². The zero-order valence-corrected chi connectivity index (χ0v) is 6.97. The molecule has 1 rings (SSSR count). The Hall–Kier alpha value is -1.48. The van der Waals surface area contributed by atoms with E-state index in [0.29, 0.717) is 11.4 Å². The fourth-order valence-corrected chi connectivity index (χ4v) is 0.934. The molecule has 1 heterocycles. The van der Waals surface area contributed by atoms with Gasteiger partial charge in [0.15, 0.2) is 0 Å². The summed E-state index contributed by atoms with van der Waals surface area (Å²) in [6.07, 6.45) is 1.44. The summed E-state index contributed by atoms with van der Waals surface area (Å²) in [4.78, 5) is 13.3. The second-order valence-corrected chi connectivity index (χ2v) is 2.46. The van der Waals surface area contributed by atoms with Crippen LogP contribution in [-0.4, -0.2) is 5.91 Å². The van der Waals surface area contributed by atoms with E-state index in [2.05, 4.69) is 10.1 Å². The monoisotopic (exact) mass is 184 g/mol. The molecule has 6 heteroatoms. The number of aromatic nitrogens is 1. The number of anilines is 1. The highest BCUT2D eigenvalue weighted by molar-refractivity contribution is 7.25. The number of hydrogen-bond acceptors (Lipinski definition) is 2. The summed E-state index contributed by atoms with van der Waals surface area (Å²) in [5.41, 5.74) is 5.37. The summed E-state index contributed by atoms with van der Waals surface area (Å²) in [6.45, 7) is 0. The number of carbonyl (C=O) groups is 1. The van der Waals surface area contributed by atoms with Gasteiger partial charge in [0.1, 0.15) is 6.20 Å². The van der Waals surface area contributed by atoms with E-state index in [1.807, 2.05) is 0 Å². The quantitative estimate of drug-likeness (QED) is 0.658. The Morgan fingerprint density at radius 1 is 1.58 bits per heavy atom. The molecule has 0 aromatic carbocycles. The third-order valence-corrected chi connectivity index (χ3v) is 1.60. The third kappa shape index (κ3) is 2.00. The molecule has 1 amide bonds. The normalized spacial score (nSPS) is 9.67. The molecule has 0 fully saturated rings. The summed E-state index contributed by atoms with van der Waals surface area (Å²) in [5.74, 6) is 0.0501.